The fourth-order valence-electron chi connectivity index (χ4n) is 2.39. The van der Waals surface area contributed by atoms with Crippen molar-refractivity contribution in [3.8, 4) is 0 Å². The Morgan fingerprint density at radius 2 is 2.33 bits per heavy atom. The molecule has 2 unspecified atom stereocenters. The molecule has 2 rings (SSSR count). The van der Waals surface area contributed by atoms with Gasteiger partial charge in [0.1, 0.15) is 5.82 Å². The van der Waals surface area contributed by atoms with Crippen LogP contribution in [0.2, 0.25) is 0 Å². The van der Waals surface area contributed by atoms with Gasteiger partial charge in [-0.2, -0.15) is 0 Å². The van der Waals surface area contributed by atoms with Crippen molar-refractivity contribution < 1.29 is 4.39 Å². The minimum atomic E-state index is -0.136. The predicted molar refractivity (Wildman–Crippen MR) is 77.6 cm³/mol. The third kappa shape index (κ3) is 3.04. The molecule has 1 aliphatic rings. The van der Waals surface area contributed by atoms with Crippen LogP contribution in [0, 0.1) is 11.7 Å². The van der Waals surface area contributed by atoms with Crippen molar-refractivity contribution in [3.63, 3.8) is 0 Å². The molecule has 1 aliphatic heterocycles. The maximum Gasteiger partial charge on any atom is 0.146 e. The molecule has 2 nitrogen and oxygen atoms in total. The first kappa shape index (κ1) is 13.8. The summed E-state index contributed by atoms with van der Waals surface area (Å²) in [5.74, 6) is 0.478. The fraction of sp³-hybridized carbons (Fsp3) is 0.571. The third-order valence-electron chi connectivity index (χ3n) is 3.79. The highest BCUT2D eigenvalue weighted by Gasteiger charge is 2.24. The molecule has 1 aromatic carbocycles. The van der Waals surface area contributed by atoms with Crippen LogP contribution in [0.1, 0.15) is 20.3 Å². The minimum absolute atomic E-state index is 0.136. The lowest BCUT2D eigenvalue weighted by Crippen LogP contribution is -2.53. The van der Waals surface area contributed by atoms with E-state index in [1.165, 1.54) is 6.07 Å². The molecule has 0 aromatic heterocycles. The second kappa shape index (κ2) is 6.02. The Morgan fingerprint density at radius 3 is 3.06 bits per heavy atom. The van der Waals surface area contributed by atoms with Crippen LogP contribution in [0.5, 0.6) is 0 Å². The third-order valence-corrected chi connectivity index (χ3v) is 4.28. The lowest BCUT2D eigenvalue weighted by molar-refractivity contribution is 0.340. The predicted octanol–water partition coefficient (Wildman–Crippen LogP) is 3.41. The summed E-state index contributed by atoms with van der Waals surface area (Å²) in [5, 5.41) is 3.53. The zero-order valence-electron chi connectivity index (χ0n) is 10.9. The first-order valence-corrected chi connectivity index (χ1v) is 7.34. The van der Waals surface area contributed by atoms with Crippen molar-refractivity contribution >= 4 is 21.6 Å². The standard InChI is InChI=1S/C14H20BrFN2/c1-3-10(2)13-9-18(7-6-17-13)14-8-11(15)4-5-12(14)16/h4-5,8,10,13,17H,3,6-7,9H2,1-2H3. The topological polar surface area (TPSA) is 15.3 Å². The Labute approximate surface area is 117 Å². The van der Waals surface area contributed by atoms with Crippen LogP contribution in [-0.2, 0) is 0 Å². The maximum atomic E-state index is 13.9. The van der Waals surface area contributed by atoms with E-state index in [1.54, 1.807) is 6.07 Å². The van der Waals surface area contributed by atoms with E-state index in [0.717, 1.165) is 30.5 Å². The van der Waals surface area contributed by atoms with Gasteiger partial charge in [0.15, 0.2) is 0 Å². The van der Waals surface area contributed by atoms with Crippen molar-refractivity contribution in [2.75, 3.05) is 24.5 Å². The van der Waals surface area contributed by atoms with Crippen molar-refractivity contribution in [2.45, 2.75) is 26.3 Å². The van der Waals surface area contributed by atoms with Crippen LogP contribution in [0.4, 0.5) is 10.1 Å². The molecule has 1 heterocycles. The van der Waals surface area contributed by atoms with Gasteiger partial charge in [0.25, 0.3) is 0 Å². The molecular formula is C14H20BrFN2. The van der Waals surface area contributed by atoms with Crippen LogP contribution in [0.15, 0.2) is 22.7 Å². The van der Waals surface area contributed by atoms with Gasteiger partial charge in [0, 0.05) is 30.1 Å². The number of rotatable bonds is 3. The number of nitrogens with one attached hydrogen (secondary N) is 1. The van der Waals surface area contributed by atoms with E-state index in [9.17, 15) is 4.39 Å². The normalized spacial score (nSPS) is 22.0. The molecule has 0 amide bonds. The van der Waals surface area contributed by atoms with Gasteiger partial charge in [-0.25, -0.2) is 4.39 Å². The molecule has 1 aromatic rings. The Morgan fingerprint density at radius 1 is 1.56 bits per heavy atom. The molecule has 0 aliphatic carbocycles. The highest BCUT2D eigenvalue weighted by molar-refractivity contribution is 9.10. The molecule has 1 N–H and O–H groups in total. The summed E-state index contributed by atoms with van der Waals surface area (Å²) in [5.41, 5.74) is 0.708. The van der Waals surface area contributed by atoms with Crippen molar-refractivity contribution in [2.24, 2.45) is 5.92 Å². The van der Waals surface area contributed by atoms with Crippen LogP contribution in [0.25, 0.3) is 0 Å². The average Bonchev–Trinajstić information content (AvgIpc) is 2.40. The number of benzene rings is 1. The monoisotopic (exact) mass is 314 g/mol. The van der Waals surface area contributed by atoms with E-state index in [1.807, 2.05) is 6.07 Å². The lowest BCUT2D eigenvalue weighted by atomic mass is 9.97. The summed E-state index contributed by atoms with van der Waals surface area (Å²) in [7, 11) is 0. The van der Waals surface area contributed by atoms with Gasteiger partial charge < -0.3 is 10.2 Å². The van der Waals surface area contributed by atoms with E-state index >= 15 is 0 Å². The van der Waals surface area contributed by atoms with Crippen LogP contribution in [-0.4, -0.2) is 25.7 Å². The van der Waals surface area contributed by atoms with E-state index < -0.39 is 0 Å². The van der Waals surface area contributed by atoms with Gasteiger partial charge >= 0.3 is 0 Å². The van der Waals surface area contributed by atoms with Crippen molar-refractivity contribution in [3.05, 3.63) is 28.5 Å². The minimum Gasteiger partial charge on any atom is -0.366 e. The molecule has 0 bridgehead atoms. The Bertz CT molecular complexity index is 411. The quantitative estimate of drug-likeness (QED) is 0.919. The summed E-state index contributed by atoms with van der Waals surface area (Å²) < 4.78 is 14.8. The number of nitrogens with zero attached hydrogens (tertiary/aromatic N) is 1. The smallest absolute Gasteiger partial charge is 0.146 e. The zero-order chi connectivity index (χ0) is 13.1. The number of hydrogen-bond acceptors (Lipinski definition) is 2. The molecule has 0 saturated carbocycles. The summed E-state index contributed by atoms with van der Waals surface area (Å²) in [6.45, 7) is 7.10. The van der Waals surface area contributed by atoms with Gasteiger partial charge in [-0.15, -0.1) is 0 Å². The van der Waals surface area contributed by atoms with Crippen LogP contribution < -0.4 is 10.2 Å². The largest absolute Gasteiger partial charge is 0.366 e. The highest BCUT2D eigenvalue weighted by Crippen LogP contribution is 2.26. The summed E-state index contributed by atoms with van der Waals surface area (Å²) in [6.07, 6.45) is 1.15. The van der Waals surface area contributed by atoms with E-state index in [2.05, 4.69) is 40.0 Å². The molecule has 18 heavy (non-hydrogen) atoms. The Balaban J connectivity index is 2.15. The second-order valence-electron chi connectivity index (χ2n) is 4.99. The fourth-order valence-corrected chi connectivity index (χ4v) is 2.74. The van der Waals surface area contributed by atoms with E-state index in [4.69, 9.17) is 0 Å². The average molecular weight is 315 g/mol. The number of hydrogen-bond donors (Lipinski definition) is 1. The summed E-state index contributed by atoms with van der Waals surface area (Å²) >= 11 is 3.41. The van der Waals surface area contributed by atoms with Crippen molar-refractivity contribution in [1.82, 2.24) is 5.32 Å². The first-order chi connectivity index (χ1) is 8.61. The van der Waals surface area contributed by atoms with Gasteiger partial charge in [-0.05, 0) is 24.1 Å². The number of piperazine rings is 1. The van der Waals surface area contributed by atoms with Crippen LogP contribution >= 0.6 is 15.9 Å². The van der Waals surface area contributed by atoms with Crippen molar-refractivity contribution in [1.29, 1.82) is 0 Å². The first-order valence-electron chi connectivity index (χ1n) is 6.55. The molecule has 4 heteroatoms. The molecule has 1 saturated heterocycles. The molecule has 0 spiro atoms. The van der Waals surface area contributed by atoms with Gasteiger partial charge in [0.2, 0.25) is 0 Å². The molecule has 0 radical (unpaired) electrons. The molecule has 100 valence electrons. The second-order valence-corrected chi connectivity index (χ2v) is 5.90. The number of anilines is 1. The number of halogens is 2. The van der Waals surface area contributed by atoms with E-state index in [0.29, 0.717) is 17.6 Å². The van der Waals surface area contributed by atoms with E-state index in [-0.39, 0.29) is 5.82 Å². The molecule has 2 atom stereocenters. The maximum absolute atomic E-state index is 13.9. The summed E-state index contributed by atoms with van der Waals surface area (Å²) in [6, 6.07) is 5.59. The summed E-state index contributed by atoms with van der Waals surface area (Å²) in [4.78, 5) is 2.15. The van der Waals surface area contributed by atoms with Gasteiger partial charge in [0.05, 0.1) is 5.69 Å². The SMILES string of the molecule is CCC(C)C1CN(c2cc(Br)ccc2F)CCN1. The lowest BCUT2D eigenvalue weighted by Gasteiger charge is -2.38. The van der Waals surface area contributed by atoms with Gasteiger partial charge in [-0.3, -0.25) is 0 Å². The molecular weight excluding hydrogens is 295 g/mol. The Kier molecular flexibility index (Phi) is 4.62. The Hall–Kier alpha value is -0.610. The zero-order valence-corrected chi connectivity index (χ0v) is 12.5. The van der Waals surface area contributed by atoms with Gasteiger partial charge in [-0.1, -0.05) is 36.2 Å². The van der Waals surface area contributed by atoms with Crippen LogP contribution in [0.3, 0.4) is 0 Å². The highest BCUT2D eigenvalue weighted by atomic mass is 79.9. The molecule has 1 fully saturated rings.